The van der Waals surface area contributed by atoms with Gasteiger partial charge in [0.2, 0.25) is 0 Å². The predicted molar refractivity (Wildman–Crippen MR) is 82.3 cm³/mol. The molecule has 2 heteroatoms. The Morgan fingerprint density at radius 2 is 1.47 bits per heavy atom. The quantitative estimate of drug-likeness (QED) is 0.602. The van der Waals surface area contributed by atoms with Gasteiger partial charge in [0, 0.05) is 5.33 Å². The van der Waals surface area contributed by atoms with E-state index in [1.807, 2.05) is 0 Å². The van der Waals surface area contributed by atoms with Crippen LogP contribution in [0.5, 0.6) is 0 Å². The van der Waals surface area contributed by atoms with E-state index < -0.39 is 8.07 Å². The van der Waals surface area contributed by atoms with Crippen LogP contribution in [0.4, 0.5) is 0 Å². The molecule has 0 atom stereocenters. The predicted octanol–water partition coefficient (Wildman–Crippen LogP) is 3.40. The highest BCUT2D eigenvalue weighted by Gasteiger charge is 2.27. The minimum Gasteiger partial charge on any atom is -0.0876 e. The molecule has 0 radical (unpaired) electrons. The summed E-state index contributed by atoms with van der Waals surface area (Å²) < 4.78 is 0. The molecule has 0 unspecified atom stereocenters. The maximum atomic E-state index is 3.60. The Hall–Kier alpha value is -0.863. The maximum absolute atomic E-state index is 3.60. The highest BCUT2D eigenvalue weighted by atomic mass is 79.9. The molecule has 0 amide bonds. The molecular formula is C15H17BrSi. The van der Waals surface area contributed by atoms with E-state index in [1.54, 1.807) is 0 Å². The van der Waals surface area contributed by atoms with Gasteiger partial charge in [0.15, 0.2) is 0 Å². The van der Waals surface area contributed by atoms with Crippen molar-refractivity contribution in [3.63, 3.8) is 0 Å². The summed E-state index contributed by atoms with van der Waals surface area (Å²) in [6, 6.07) is 19.7. The highest BCUT2D eigenvalue weighted by molar-refractivity contribution is 9.08. The molecule has 0 nitrogen and oxygen atoms in total. The second-order valence-electron chi connectivity index (χ2n) is 4.78. The van der Waals surface area contributed by atoms with Crippen molar-refractivity contribution >= 4 is 34.4 Å². The van der Waals surface area contributed by atoms with Gasteiger partial charge in [0.1, 0.15) is 8.07 Å². The van der Waals surface area contributed by atoms with Crippen molar-refractivity contribution in [1.29, 1.82) is 0 Å². The summed E-state index contributed by atoms with van der Waals surface area (Å²) in [6.07, 6.45) is 0. The minimum absolute atomic E-state index is 0.937. The normalized spacial score (nSPS) is 11.5. The number of hydrogen-bond donors (Lipinski definition) is 0. The van der Waals surface area contributed by atoms with Crippen molar-refractivity contribution < 1.29 is 0 Å². The van der Waals surface area contributed by atoms with Crippen LogP contribution >= 0.6 is 15.9 Å². The monoisotopic (exact) mass is 304 g/mol. The summed E-state index contributed by atoms with van der Waals surface area (Å²) in [5.41, 5.74) is 1.42. The minimum atomic E-state index is -1.55. The first kappa shape index (κ1) is 12.6. The third-order valence-corrected chi connectivity index (χ3v) is 7.55. The summed E-state index contributed by atoms with van der Waals surface area (Å²) in [6.45, 7) is 4.84. The average Bonchev–Trinajstić information content (AvgIpc) is 2.39. The third-order valence-electron chi connectivity index (χ3n) is 3.33. The van der Waals surface area contributed by atoms with Crippen LogP contribution in [0.15, 0.2) is 54.6 Å². The number of hydrogen-bond acceptors (Lipinski definition) is 0. The Morgan fingerprint density at radius 3 is 2.12 bits per heavy atom. The topological polar surface area (TPSA) is 0 Å². The molecule has 88 valence electrons. The van der Waals surface area contributed by atoms with Crippen molar-refractivity contribution in [3.05, 3.63) is 60.2 Å². The van der Waals surface area contributed by atoms with Crippen molar-refractivity contribution in [2.45, 2.75) is 18.4 Å². The first-order chi connectivity index (χ1) is 8.16. The van der Waals surface area contributed by atoms with Gasteiger partial charge < -0.3 is 0 Å². The summed E-state index contributed by atoms with van der Waals surface area (Å²) in [4.78, 5) is 0. The maximum Gasteiger partial charge on any atom is 0.112 e. The van der Waals surface area contributed by atoms with Gasteiger partial charge in [-0.05, 0) is 5.56 Å². The standard InChI is InChI=1S/C15H17BrSi/c1-17(2,14-9-4-3-5-10-14)15-11-7-6-8-13(15)12-16/h3-11H,12H2,1-2H3. The van der Waals surface area contributed by atoms with Crippen LogP contribution in [0.3, 0.4) is 0 Å². The molecule has 0 bridgehead atoms. The van der Waals surface area contributed by atoms with Crippen molar-refractivity contribution in [2.24, 2.45) is 0 Å². The Kier molecular flexibility index (Phi) is 3.85. The molecule has 0 spiro atoms. The molecule has 0 saturated carbocycles. The van der Waals surface area contributed by atoms with Crippen LogP contribution in [-0.2, 0) is 5.33 Å². The van der Waals surface area contributed by atoms with Gasteiger partial charge in [0.25, 0.3) is 0 Å². The van der Waals surface area contributed by atoms with E-state index in [0.29, 0.717) is 0 Å². The molecule has 0 fully saturated rings. The van der Waals surface area contributed by atoms with E-state index in [1.165, 1.54) is 15.9 Å². The molecule has 0 aliphatic rings. The van der Waals surface area contributed by atoms with Crippen molar-refractivity contribution in [2.75, 3.05) is 0 Å². The first-order valence-electron chi connectivity index (χ1n) is 5.86. The van der Waals surface area contributed by atoms with Crippen molar-refractivity contribution in [1.82, 2.24) is 0 Å². The fourth-order valence-corrected chi connectivity index (χ4v) is 5.83. The number of alkyl halides is 1. The Labute approximate surface area is 113 Å². The van der Waals surface area contributed by atoms with Gasteiger partial charge in [-0.15, -0.1) is 0 Å². The lowest BCUT2D eigenvalue weighted by Gasteiger charge is -2.26. The molecule has 0 N–H and O–H groups in total. The zero-order valence-electron chi connectivity index (χ0n) is 10.3. The summed E-state index contributed by atoms with van der Waals surface area (Å²) >= 11 is 3.60. The lowest BCUT2D eigenvalue weighted by atomic mass is 10.2. The zero-order chi connectivity index (χ0) is 12.3. The van der Waals surface area contributed by atoms with E-state index in [0.717, 1.165) is 5.33 Å². The molecule has 0 aliphatic carbocycles. The van der Waals surface area contributed by atoms with E-state index in [4.69, 9.17) is 0 Å². The van der Waals surface area contributed by atoms with Crippen LogP contribution in [0.2, 0.25) is 13.1 Å². The van der Waals surface area contributed by atoms with Crippen LogP contribution in [0, 0.1) is 0 Å². The average molecular weight is 305 g/mol. The molecule has 0 saturated heterocycles. The van der Waals surface area contributed by atoms with Crippen LogP contribution in [0.1, 0.15) is 5.56 Å². The van der Waals surface area contributed by atoms with E-state index in [-0.39, 0.29) is 0 Å². The van der Waals surface area contributed by atoms with Gasteiger partial charge >= 0.3 is 0 Å². The second kappa shape index (κ2) is 5.19. The smallest absolute Gasteiger partial charge is 0.0876 e. The van der Waals surface area contributed by atoms with Crippen LogP contribution in [0.25, 0.3) is 0 Å². The summed E-state index contributed by atoms with van der Waals surface area (Å²) in [5.74, 6) is 0. The number of halogens is 1. The molecule has 2 rings (SSSR count). The van der Waals surface area contributed by atoms with Gasteiger partial charge in [0.05, 0.1) is 0 Å². The number of benzene rings is 2. The van der Waals surface area contributed by atoms with Crippen molar-refractivity contribution in [3.8, 4) is 0 Å². The van der Waals surface area contributed by atoms with Crippen LogP contribution in [-0.4, -0.2) is 8.07 Å². The van der Waals surface area contributed by atoms with Gasteiger partial charge in [-0.25, -0.2) is 0 Å². The SMILES string of the molecule is C[Si](C)(c1ccccc1)c1ccccc1CBr. The Morgan fingerprint density at radius 1 is 0.882 bits per heavy atom. The molecule has 2 aromatic rings. The largest absolute Gasteiger partial charge is 0.112 e. The zero-order valence-corrected chi connectivity index (χ0v) is 12.9. The third kappa shape index (κ3) is 2.53. The summed E-state index contributed by atoms with van der Waals surface area (Å²) in [5, 5.41) is 3.96. The molecular weight excluding hydrogens is 288 g/mol. The van der Waals surface area contributed by atoms with Gasteiger partial charge in [-0.1, -0.05) is 94.0 Å². The Bertz CT molecular complexity index is 491. The lowest BCUT2D eigenvalue weighted by molar-refractivity contribution is 1.46. The van der Waals surface area contributed by atoms with E-state index >= 15 is 0 Å². The summed E-state index contributed by atoms with van der Waals surface area (Å²) in [7, 11) is -1.55. The molecule has 0 aliphatic heterocycles. The fourth-order valence-electron chi connectivity index (χ4n) is 2.26. The molecule has 0 heterocycles. The molecule has 2 aromatic carbocycles. The van der Waals surface area contributed by atoms with E-state index in [9.17, 15) is 0 Å². The highest BCUT2D eigenvalue weighted by Crippen LogP contribution is 2.11. The van der Waals surface area contributed by atoms with Crippen LogP contribution < -0.4 is 10.4 Å². The fraction of sp³-hybridized carbons (Fsp3) is 0.200. The molecule has 0 aromatic heterocycles. The first-order valence-corrected chi connectivity index (χ1v) is 9.98. The lowest BCUT2D eigenvalue weighted by Crippen LogP contribution is -2.54. The Balaban J connectivity index is 2.51. The van der Waals surface area contributed by atoms with Gasteiger partial charge in [-0.3, -0.25) is 0 Å². The number of rotatable bonds is 3. The molecule has 17 heavy (non-hydrogen) atoms. The van der Waals surface area contributed by atoms with Gasteiger partial charge in [-0.2, -0.15) is 0 Å². The second-order valence-corrected chi connectivity index (χ2v) is 9.71. The van der Waals surface area contributed by atoms with E-state index in [2.05, 4.69) is 83.6 Å².